The third kappa shape index (κ3) is 6.01. The maximum Gasteiger partial charge on any atom is 0.305 e. The number of anilines is 1. The Labute approximate surface area is 235 Å². The molecule has 0 saturated carbocycles. The van der Waals surface area contributed by atoms with E-state index in [4.69, 9.17) is 23.7 Å². The van der Waals surface area contributed by atoms with Gasteiger partial charge in [0.05, 0.1) is 62.3 Å². The fraction of sp³-hybridized carbons (Fsp3) is 0.250. The first-order valence-corrected chi connectivity index (χ1v) is 13.5. The monoisotopic (exact) mass is 559 g/mol. The smallest absolute Gasteiger partial charge is 0.305 e. The lowest BCUT2D eigenvalue weighted by atomic mass is 9.98. The zero-order valence-corrected chi connectivity index (χ0v) is 22.8. The summed E-state index contributed by atoms with van der Waals surface area (Å²) in [5.74, 6) is 1.08. The van der Waals surface area contributed by atoms with Crippen LogP contribution >= 0.6 is 11.8 Å². The Morgan fingerprint density at radius 3 is 2.65 bits per heavy atom. The molecule has 1 amide bonds. The van der Waals surface area contributed by atoms with Gasteiger partial charge in [0.1, 0.15) is 22.6 Å². The lowest BCUT2D eigenvalue weighted by molar-refractivity contribution is -0.759. The number of carbonyl (C=O) groups is 1. The molecular formula is C28H27N6O5S+. The third-order valence-electron chi connectivity index (χ3n) is 6.20. The normalized spacial score (nSPS) is 13.0. The van der Waals surface area contributed by atoms with Gasteiger partial charge in [-0.05, 0) is 24.3 Å². The number of methoxy groups -OCH3 is 2. The number of ether oxygens (including phenoxy) is 3. The van der Waals surface area contributed by atoms with Crippen LogP contribution in [-0.2, 0) is 9.53 Å². The number of thioether (sulfide) groups is 1. The molecule has 0 radical (unpaired) electrons. The standard InChI is InChI=1S/C28H26N6O5S/c1-36-20-8-9-25(37-2)22(14-20)21-15-24(19-6-4-3-5-7-19)30-28(23(21)16-29)40-18-26(35)31-27-17-34(32-39-27)33-10-12-38-13-11-33/h3-9,14-15,17H,10-13,18H2,1-2H3/p+1. The summed E-state index contributed by atoms with van der Waals surface area (Å²) in [5, 5.41) is 19.3. The van der Waals surface area contributed by atoms with E-state index >= 15 is 0 Å². The van der Waals surface area contributed by atoms with Crippen molar-refractivity contribution in [3.63, 3.8) is 0 Å². The molecule has 1 aliphatic heterocycles. The van der Waals surface area contributed by atoms with Crippen LogP contribution in [0, 0.1) is 11.3 Å². The number of nitrogens with one attached hydrogen (secondary N) is 1. The van der Waals surface area contributed by atoms with E-state index in [9.17, 15) is 10.1 Å². The van der Waals surface area contributed by atoms with Crippen molar-refractivity contribution in [1.29, 1.82) is 5.26 Å². The number of nitrogens with zero attached hydrogens (tertiary/aromatic N) is 5. The molecule has 0 spiro atoms. The van der Waals surface area contributed by atoms with Crippen LogP contribution in [0.4, 0.5) is 5.88 Å². The van der Waals surface area contributed by atoms with Crippen molar-refractivity contribution < 1.29 is 28.3 Å². The van der Waals surface area contributed by atoms with Gasteiger partial charge in [0, 0.05) is 16.7 Å². The zero-order valence-electron chi connectivity index (χ0n) is 22.0. The fourth-order valence-electron chi connectivity index (χ4n) is 4.22. The number of pyridine rings is 1. The largest absolute Gasteiger partial charge is 0.497 e. The Balaban J connectivity index is 1.43. The van der Waals surface area contributed by atoms with Crippen molar-refractivity contribution in [3.8, 4) is 40.0 Å². The highest BCUT2D eigenvalue weighted by atomic mass is 32.2. The number of hydrogen-bond donors (Lipinski definition) is 1. The molecule has 1 saturated heterocycles. The van der Waals surface area contributed by atoms with Gasteiger partial charge in [-0.1, -0.05) is 42.1 Å². The second-order valence-corrected chi connectivity index (χ2v) is 9.63. The highest BCUT2D eigenvalue weighted by Crippen LogP contribution is 2.40. The number of amides is 1. The summed E-state index contributed by atoms with van der Waals surface area (Å²) in [6.45, 7) is 2.53. The number of benzene rings is 2. The number of nitriles is 1. The maximum absolute atomic E-state index is 12.9. The molecule has 0 aliphatic carbocycles. The van der Waals surface area contributed by atoms with Crippen LogP contribution in [-0.4, -0.2) is 62.4 Å². The molecular weight excluding hydrogens is 532 g/mol. The van der Waals surface area contributed by atoms with E-state index in [1.165, 1.54) is 0 Å². The molecule has 1 N–H and O–H groups in total. The molecule has 4 aromatic rings. The molecule has 0 unspecified atom stereocenters. The Kier molecular flexibility index (Phi) is 8.44. The van der Waals surface area contributed by atoms with Gasteiger partial charge >= 0.3 is 5.88 Å². The minimum Gasteiger partial charge on any atom is -0.497 e. The van der Waals surface area contributed by atoms with Gasteiger partial charge in [0.25, 0.3) is 6.20 Å². The van der Waals surface area contributed by atoms with Crippen LogP contribution in [0.15, 0.2) is 70.3 Å². The lowest BCUT2D eigenvalue weighted by Gasteiger charge is -2.18. The first kappa shape index (κ1) is 27.0. The average molecular weight is 560 g/mol. The summed E-state index contributed by atoms with van der Waals surface area (Å²) in [6.07, 6.45) is 1.61. The van der Waals surface area contributed by atoms with E-state index in [0.717, 1.165) is 17.3 Å². The quantitative estimate of drug-likeness (QED) is 0.241. The third-order valence-corrected chi connectivity index (χ3v) is 7.18. The predicted octanol–water partition coefficient (Wildman–Crippen LogP) is 3.28. The molecule has 11 nitrogen and oxygen atoms in total. The van der Waals surface area contributed by atoms with Gasteiger partial charge in [-0.2, -0.15) is 5.26 Å². The van der Waals surface area contributed by atoms with Gasteiger partial charge in [-0.3, -0.25) is 14.6 Å². The van der Waals surface area contributed by atoms with E-state index in [-0.39, 0.29) is 17.5 Å². The predicted molar refractivity (Wildman–Crippen MR) is 148 cm³/mol. The molecule has 204 valence electrons. The first-order chi connectivity index (χ1) is 19.6. The van der Waals surface area contributed by atoms with Crippen molar-refractivity contribution in [2.45, 2.75) is 5.03 Å². The molecule has 5 rings (SSSR count). The number of rotatable bonds is 9. The summed E-state index contributed by atoms with van der Waals surface area (Å²) in [4.78, 5) is 19.2. The summed E-state index contributed by atoms with van der Waals surface area (Å²) in [6, 6.07) is 19.2. The van der Waals surface area contributed by atoms with E-state index in [1.807, 2.05) is 47.5 Å². The highest BCUT2D eigenvalue weighted by Gasteiger charge is 2.24. The topological polar surface area (TPSA) is 127 Å². The molecule has 0 atom stereocenters. The second kappa shape index (κ2) is 12.5. The van der Waals surface area contributed by atoms with Crippen LogP contribution in [0.5, 0.6) is 11.5 Å². The van der Waals surface area contributed by atoms with Crippen LogP contribution in [0.3, 0.4) is 0 Å². The molecule has 1 aliphatic rings. The number of aromatic nitrogens is 3. The second-order valence-electron chi connectivity index (χ2n) is 8.67. The van der Waals surface area contributed by atoms with Crippen molar-refractivity contribution in [2.24, 2.45) is 0 Å². The van der Waals surface area contributed by atoms with E-state index in [0.29, 0.717) is 65.2 Å². The van der Waals surface area contributed by atoms with Crippen molar-refractivity contribution >= 4 is 23.6 Å². The first-order valence-electron chi connectivity index (χ1n) is 12.5. The number of carbonyl (C=O) groups excluding carboxylic acids is 1. The van der Waals surface area contributed by atoms with E-state index in [1.54, 1.807) is 37.3 Å². The molecule has 2 aromatic heterocycles. The SMILES string of the molecule is COc1ccc(OC)c(-c2cc(-c3ccccc3)nc(SCC(=O)Nc3c[n+](N4CCOCC4)no3)c2C#N)c1. The molecule has 2 aromatic carbocycles. The minimum atomic E-state index is -0.327. The highest BCUT2D eigenvalue weighted by molar-refractivity contribution is 8.00. The Bertz CT molecular complexity index is 1530. The molecule has 12 heteroatoms. The van der Waals surface area contributed by atoms with E-state index < -0.39 is 0 Å². The van der Waals surface area contributed by atoms with Crippen molar-refractivity contribution in [2.75, 3.05) is 56.6 Å². The van der Waals surface area contributed by atoms with Gasteiger partial charge in [0.2, 0.25) is 11.2 Å². The van der Waals surface area contributed by atoms with Crippen LogP contribution in [0.2, 0.25) is 0 Å². The maximum atomic E-state index is 12.9. The van der Waals surface area contributed by atoms with E-state index in [2.05, 4.69) is 16.7 Å². The Morgan fingerprint density at radius 1 is 1.12 bits per heavy atom. The van der Waals surface area contributed by atoms with Crippen LogP contribution < -0.4 is 24.6 Å². The van der Waals surface area contributed by atoms with Gasteiger partial charge in [0.15, 0.2) is 0 Å². The molecule has 3 heterocycles. The zero-order chi connectivity index (χ0) is 27.9. The van der Waals surface area contributed by atoms with Crippen LogP contribution in [0.1, 0.15) is 5.56 Å². The molecule has 1 fully saturated rings. The summed E-state index contributed by atoms with van der Waals surface area (Å²) < 4.78 is 21.7. The average Bonchev–Trinajstić information content (AvgIpc) is 3.48. The Morgan fingerprint density at radius 2 is 1.93 bits per heavy atom. The van der Waals surface area contributed by atoms with Gasteiger partial charge in [-0.25, -0.2) is 4.98 Å². The van der Waals surface area contributed by atoms with Crippen molar-refractivity contribution in [1.82, 2.24) is 10.3 Å². The lowest BCUT2D eigenvalue weighted by Crippen LogP contribution is -2.62. The number of hydrogen-bond acceptors (Lipinski definition) is 10. The summed E-state index contributed by atoms with van der Waals surface area (Å²) in [7, 11) is 3.15. The fourth-order valence-corrected chi connectivity index (χ4v) is 5.02. The summed E-state index contributed by atoms with van der Waals surface area (Å²) >= 11 is 1.16. The summed E-state index contributed by atoms with van der Waals surface area (Å²) in [5.41, 5.74) is 3.16. The Hall–Kier alpha value is -4.60. The van der Waals surface area contributed by atoms with Crippen LogP contribution in [0.25, 0.3) is 22.4 Å². The molecule has 40 heavy (non-hydrogen) atoms. The minimum absolute atomic E-state index is 0.00708. The molecule has 0 bridgehead atoms. The van der Waals surface area contributed by atoms with Gasteiger partial charge in [-0.15, -0.1) is 5.01 Å². The number of morpholine rings is 1. The van der Waals surface area contributed by atoms with Crippen molar-refractivity contribution in [3.05, 3.63) is 66.4 Å². The van der Waals surface area contributed by atoms with Gasteiger partial charge < -0.3 is 14.2 Å².